The predicted molar refractivity (Wildman–Crippen MR) is 59.8 cm³/mol. The molecule has 0 amide bonds. The first-order chi connectivity index (χ1) is 7.61. The van der Waals surface area contributed by atoms with E-state index < -0.39 is 12.2 Å². The molecule has 0 heterocycles. The molecule has 0 aliphatic heterocycles. The fourth-order valence-electron chi connectivity index (χ4n) is 1.39. The number of para-hydroxylation sites is 1. The molecule has 0 saturated heterocycles. The van der Waals surface area contributed by atoms with Crippen molar-refractivity contribution in [2.45, 2.75) is 18.6 Å². The summed E-state index contributed by atoms with van der Waals surface area (Å²) < 4.78 is 0. The van der Waals surface area contributed by atoms with Crippen LogP contribution in [-0.4, -0.2) is 33.6 Å². The third-order valence-corrected chi connectivity index (χ3v) is 2.53. The fraction of sp³-hybridized carbons (Fsp3) is 0.364. The zero-order chi connectivity index (χ0) is 12.1. The monoisotopic (exact) mass is 244 g/mol. The Bertz CT molecular complexity index is 367. The van der Waals surface area contributed by atoms with Crippen LogP contribution in [0.15, 0.2) is 18.2 Å². The van der Waals surface area contributed by atoms with Crippen LogP contribution in [0.4, 0.5) is 0 Å². The average molecular weight is 245 g/mol. The number of rotatable bonds is 5. The second kappa shape index (κ2) is 5.84. The maximum Gasteiger partial charge on any atom is 0.153 e. The van der Waals surface area contributed by atoms with Gasteiger partial charge in [-0.3, -0.25) is 4.79 Å². The Balaban J connectivity index is 2.99. The molecule has 5 heteroatoms. The molecule has 0 spiro atoms. The number of benzene rings is 1. The van der Waals surface area contributed by atoms with Gasteiger partial charge < -0.3 is 15.3 Å². The van der Waals surface area contributed by atoms with E-state index >= 15 is 0 Å². The summed E-state index contributed by atoms with van der Waals surface area (Å²) in [6.07, 6.45) is -1.63. The number of phenols is 1. The van der Waals surface area contributed by atoms with E-state index in [0.717, 1.165) is 0 Å². The van der Waals surface area contributed by atoms with Gasteiger partial charge in [0.2, 0.25) is 0 Å². The molecule has 0 saturated carbocycles. The minimum absolute atomic E-state index is 0.0784. The van der Waals surface area contributed by atoms with Gasteiger partial charge in [0.05, 0.1) is 11.7 Å². The van der Waals surface area contributed by atoms with Gasteiger partial charge >= 0.3 is 0 Å². The second-order valence-corrected chi connectivity index (χ2v) is 3.77. The molecule has 0 fully saturated rings. The van der Waals surface area contributed by atoms with Crippen molar-refractivity contribution < 1.29 is 20.1 Å². The van der Waals surface area contributed by atoms with E-state index in [1.807, 2.05) is 0 Å². The average Bonchev–Trinajstić information content (AvgIpc) is 2.29. The molecule has 3 N–H and O–H groups in total. The number of halogens is 1. The molecule has 2 unspecified atom stereocenters. The highest BCUT2D eigenvalue weighted by Crippen LogP contribution is 2.29. The first kappa shape index (κ1) is 13.0. The molecule has 0 aromatic heterocycles. The molecule has 0 bridgehead atoms. The zero-order valence-corrected chi connectivity index (χ0v) is 9.26. The first-order valence-corrected chi connectivity index (χ1v) is 5.34. The van der Waals surface area contributed by atoms with Crippen LogP contribution in [0.2, 0.25) is 0 Å². The number of aliphatic hydroxyl groups excluding tert-OH is 2. The molecular weight excluding hydrogens is 232 g/mol. The van der Waals surface area contributed by atoms with Crippen molar-refractivity contribution in [1.29, 1.82) is 0 Å². The largest absolute Gasteiger partial charge is 0.507 e. The number of aldehydes is 1. The first-order valence-electron chi connectivity index (χ1n) is 4.81. The Morgan fingerprint density at radius 3 is 2.62 bits per heavy atom. The lowest BCUT2D eigenvalue weighted by molar-refractivity contribution is 0.0156. The van der Waals surface area contributed by atoms with Gasteiger partial charge in [0.25, 0.3) is 0 Å². The summed E-state index contributed by atoms with van der Waals surface area (Å²) in [5.41, 5.74) is 0.205. The van der Waals surface area contributed by atoms with Crippen molar-refractivity contribution in [2.24, 2.45) is 0 Å². The highest BCUT2D eigenvalue weighted by Gasteiger charge is 2.21. The van der Waals surface area contributed by atoms with E-state index in [0.29, 0.717) is 6.29 Å². The van der Waals surface area contributed by atoms with Crippen molar-refractivity contribution in [3.05, 3.63) is 29.3 Å². The summed E-state index contributed by atoms with van der Waals surface area (Å²) in [6.45, 7) is 0. The molecule has 0 radical (unpaired) electrons. The van der Waals surface area contributed by atoms with Gasteiger partial charge in [-0.2, -0.15) is 0 Å². The minimum atomic E-state index is -1.25. The van der Waals surface area contributed by atoms with Gasteiger partial charge in [0.15, 0.2) is 6.29 Å². The second-order valence-electron chi connectivity index (χ2n) is 3.39. The van der Waals surface area contributed by atoms with Crippen molar-refractivity contribution >= 4 is 17.9 Å². The molecule has 4 nitrogen and oxygen atoms in total. The number of hydrogen-bond donors (Lipinski definition) is 3. The Labute approximate surface area is 98.1 Å². The lowest BCUT2D eigenvalue weighted by atomic mass is 9.99. The summed E-state index contributed by atoms with van der Waals surface area (Å²) in [7, 11) is 0. The zero-order valence-electron chi connectivity index (χ0n) is 8.51. The Hall–Kier alpha value is -1.10. The van der Waals surface area contributed by atoms with E-state index in [9.17, 15) is 20.1 Å². The van der Waals surface area contributed by atoms with Crippen LogP contribution in [0, 0.1) is 0 Å². The van der Waals surface area contributed by atoms with Gasteiger partial charge in [-0.05, 0) is 12.5 Å². The molecule has 1 aromatic carbocycles. The topological polar surface area (TPSA) is 77.8 Å². The number of carbonyl (C=O) groups is 1. The standard InChI is InChI=1S/C11H13ClO4/c12-5-4-9(14)11(16)8-3-1-2-7(6-13)10(8)15/h1-3,6,9,11,14-16H,4-5H2. The quantitative estimate of drug-likeness (QED) is 0.538. The number of aromatic hydroxyl groups is 1. The number of alkyl halides is 1. The van der Waals surface area contributed by atoms with E-state index in [-0.39, 0.29) is 29.2 Å². The van der Waals surface area contributed by atoms with Gasteiger partial charge in [-0.15, -0.1) is 11.6 Å². The van der Waals surface area contributed by atoms with E-state index in [2.05, 4.69) is 0 Å². The predicted octanol–water partition coefficient (Wildman–Crippen LogP) is 1.23. The van der Waals surface area contributed by atoms with Crippen LogP contribution < -0.4 is 0 Å². The summed E-state index contributed by atoms with van der Waals surface area (Å²) in [5.74, 6) is -0.106. The van der Waals surface area contributed by atoms with Crippen LogP contribution in [0.5, 0.6) is 5.75 Å². The Morgan fingerprint density at radius 1 is 1.38 bits per heavy atom. The highest BCUT2D eigenvalue weighted by atomic mass is 35.5. The molecule has 0 aliphatic carbocycles. The molecule has 88 valence electrons. The number of carbonyl (C=O) groups excluding carboxylic acids is 1. The van der Waals surface area contributed by atoms with Crippen LogP contribution in [-0.2, 0) is 0 Å². The fourth-order valence-corrected chi connectivity index (χ4v) is 1.61. The third-order valence-electron chi connectivity index (χ3n) is 2.31. The molecular formula is C11H13ClO4. The Kier molecular flexibility index (Phi) is 4.73. The van der Waals surface area contributed by atoms with E-state index in [1.165, 1.54) is 18.2 Å². The van der Waals surface area contributed by atoms with Gasteiger partial charge in [0, 0.05) is 11.4 Å². The van der Waals surface area contributed by atoms with Crippen LogP contribution >= 0.6 is 11.6 Å². The Morgan fingerprint density at radius 2 is 2.06 bits per heavy atom. The third kappa shape index (κ3) is 2.72. The molecule has 2 atom stereocenters. The maximum atomic E-state index is 10.6. The number of hydrogen-bond acceptors (Lipinski definition) is 4. The molecule has 1 aromatic rings. The van der Waals surface area contributed by atoms with E-state index in [1.54, 1.807) is 0 Å². The van der Waals surface area contributed by atoms with Gasteiger partial charge in [-0.1, -0.05) is 12.1 Å². The SMILES string of the molecule is O=Cc1cccc(C(O)C(O)CCCl)c1O. The highest BCUT2D eigenvalue weighted by molar-refractivity contribution is 6.17. The lowest BCUT2D eigenvalue weighted by Crippen LogP contribution is -2.19. The van der Waals surface area contributed by atoms with Gasteiger partial charge in [-0.25, -0.2) is 0 Å². The summed E-state index contributed by atoms with van der Waals surface area (Å²) in [5, 5.41) is 28.9. The summed E-state index contributed by atoms with van der Waals surface area (Å²) >= 11 is 5.44. The minimum Gasteiger partial charge on any atom is -0.507 e. The van der Waals surface area contributed by atoms with Crippen molar-refractivity contribution in [2.75, 3.05) is 5.88 Å². The van der Waals surface area contributed by atoms with Crippen LogP contribution in [0.3, 0.4) is 0 Å². The van der Waals surface area contributed by atoms with Crippen LogP contribution in [0.25, 0.3) is 0 Å². The summed E-state index contributed by atoms with van der Waals surface area (Å²) in [4.78, 5) is 10.6. The van der Waals surface area contributed by atoms with Gasteiger partial charge in [0.1, 0.15) is 11.9 Å². The van der Waals surface area contributed by atoms with Crippen molar-refractivity contribution in [3.63, 3.8) is 0 Å². The van der Waals surface area contributed by atoms with Crippen LogP contribution in [0.1, 0.15) is 28.4 Å². The summed E-state index contributed by atoms with van der Waals surface area (Å²) in [6, 6.07) is 4.40. The lowest BCUT2D eigenvalue weighted by Gasteiger charge is -2.18. The van der Waals surface area contributed by atoms with Crippen molar-refractivity contribution in [3.8, 4) is 5.75 Å². The number of phenolic OH excluding ortho intramolecular Hbond substituents is 1. The number of aliphatic hydroxyl groups is 2. The van der Waals surface area contributed by atoms with Crippen molar-refractivity contribution in [1.82, 2.24) is 0 Å². The normalized spacial score (nSPS) is 14.4. The molecule has 1 rings (SSSR count). The smallest absolute Gasteiger partial charge is 0.153 e. The molecule has 0 aliphatic rings. The van der Waals surface area contributed by atoms with E-state index in [4.69, 9.17) is 11.6 Å². The molecule has 16 heavy (non-hydrogen) atoms. The maximum absolute atomic E-state index is 10.6.